The number of hydrogen-bond donors (Lipinski definition) is 2. The van der Waals surface area contributed by atoms with Gasteiger partial charge in [0.25, 0.3) is 5.91 Å². The molecule has 20 heavy (non-hydrogen) atoms. The van der Waals surface area contributed by atoms with E-state index in [1.807, 2.05) is 12.1 Å². The van der Waals surface area contributed by atoms with E-state index >= 15 is 0 Å². The van der Waals surface area contributed by atoms with Crippen LogP contribution < -0.4 is 11.1 Å². The van der Waals surface area contributed by atoms with Crippen LogP contribution in [0.1, 0.15) is 15.9 Å². The summed E-state index contributed by atoms with van der Waals surface area (Å²) in [6.07, 6.45) is 0.647. The van der Waals surface area contributed by atoms with Crippen LogP contribution in [0, 0.1) is 5.82 Å². The van der Waals surface area contributed by atoms with E-state index in [0.29, 0.717) is 18.7 Å². The summed E-state index contributed by atoms with van der Waals surface area (Å²) in [4.78, 5) is 11.8. The first kappa shape index (κ1) is 14.3. The Bertz CT molecular complexity index is 614. The third-order valence-electron chi connectivity index (χ3n) is 2.88. The highest BCUT2D eigenvalue weighted by atomic mass is 35.5. The van der Waals surface area contributed by atoms with Gasteiger partial charge in [-0.05, 0) is 36.2 Å². The van der Waals surface area contributed by atoms with Crippen molar-refractivity contribution in [3.63, 3.8) is 0 Å². The number of halogens is 2. The molecule has 0 aliphatic heterocycles. The first-order valence-corrected chi connectivity index (χ1v) is 6.52. The molecule has 0 bridgehead atoms. The zero-order chi connectivity index (χ0) is 14.5. The molecule has 0 saturated heterocycles. The zero-order valence-electron chi connectivity index (χ0n) is 10.7. The fraction of sp³-hybridized carbons (Fsp3) is 0.133. The third-order valence-corrected chi connectivity index (χ3v) is 3.17. The molecule has 2 aromatic carbocycles. The molecule has 0 fully saturated rings. The van der Waals surface area contributed by atoms with Crippen LogP contribution in [0.4, 0.5) is 10.1 Å². The lowest BCUT2D eigenvalue weighted by atomic mass is 10.1. The average Bonchev–Trinajstić information content (AvgIpc) is 2.44. The topological polar surface area (TPSA) is 55.1 Å². The number of nitrogen functional groups attached to an aromatic ring is 1. The van der Waals surface area contributed by atoms with E-state index < -0.39 is 11.7 Å². The van der Waals surface area contributed by atoms with Crippen molar-refractivity contribution in [1.29, 1.82) is 0 Å². The van der Waals surface area contributed by atoms with Gasteiger partial charge in [0.2, 0.25) is 0 Å². The molecule has 0 radical (unpaired) electrons. The zero-order valence-corrected chi connectivity index (χ0v) is 11.5. The number of carbonyl (C=O) groups excluding carboxylic acids is 1. The van der Waals surface area contributed by atoms with Crippen molar-refractivity contribution in [2.24, 2.45) is 0 Å². The number of nitrogens with one attached hydrogen (secondary N) is 1. The average molecular weight is 293 g/mol. The summed E-state index contributed by atoms with van der Waals surface area (Å²) in [7, 11) is 0. The quantitative estimate of drug-likeness (QED) is 0.851. The van der Waals surface area contributed by atoms with E-state index in [4.69, 9.17) is 17.3 Å². The van der Waals surface area contributed by atoms with Crippen molar-refractivity contribution < 1.29 is 9.18 Å². The summed E-state index contributed by atoms with van der Waals surface area (Å²) >= 11 is 5.64. The molecule has 0 unspecified atom stereocenters. The molecule has 0 atom stereocenters. The Kier molecular flexibility index (Phi) is 4.58. The van der Waals surface area contributed by atoms with Gasteiger partial charge in [-0.15, -0.1) is 0 Å². The summed E-state index contributed by atoms with van der Waals surface area (Å²) in [5.74, 6) is -1.17. The van der Waals surface area contributed by atoms with Gasteiger partial charge in [0, 0.05) is 12.2 Å². The van der Waals surface area contributed by atoms with Crippen molar-refractivity contribution >= 4 is 23.2 Å². The lowest BCUT2D eigenvalue weighted by Gasteiger charge is -2.07. The van der Waals surface area contributed by atoms with Crippen molar-refractivity contribution in [2.45, 2.75) is 6.42 Å². The summed E-state index contributed by atoms with van der Waals surface area (Å²) in [5, 5.41) is 2.60. The standard InChI is InChI=1S/C15H14ClFN2O/c16-13-3-1-2-12(14(13)17)15(20)19-9-8-10-4-6-11(18)7-5-10/h1-7H,8-9,18H2,(H,19,20). The summed E-state index contributed by atoms with van der Waals surface area (Å²) in [5.41, 5.74) is 7.28. The normalized spacial score (nSPS) is 10.3. The fourth-order valence-electron chi connectivity index (χ4n) is 1.78. The predicted octanol–water partition coefficient (Wildman–Crippen LogP) is 3.03. The number of amides is 1. The largest absolute Gasteiger partial charge is 0.399 e. The number of benzene rings is 2. The van der Waals surface area contributed by atoms with Gasteiger partial charge in [0.15, 0.2) is 5.82 Å². The molecule has 3 N–H and O–H groups in total. The van der Waals surface area contributed by atoms with Crippen LogP contribution in [0.5, 0.6) is 0 Å². The van der Waals surface area contributed by atoms with Gasteiger partial charge in [-0.1, -0.05) is 29.8 Å². The van der Waals surface area contributed by atoms with Gasteiger partial charge in [0.05, 0.1) is 10.6 Å². The number of anilines is 1. The van der Waals surface area contributed by atoms with E-state index in [1.165, 1.54) is 12.1 Å². The van der Waals surface area contributed by atoms with Crippen molar-refractivity contribution in [3.05, 3.63) is 64.4 Å². The molecular weight excluding hydrogens is 279 g/mol. The molecule has 5 heteroatoms. The molecule has 3 nitrogen and oxygen atoms in total. The third kappa shape index (κ3) is 3.48. The predicted molar refractivity (Wildman–Crippen MR) is 78.3 cm³/mol. The van der Waals surface area contributed by atoms with E-state index in [0.717, 1.165) is 5.56 Å². The van der Waals surface area contributed by atoms with Crippen molar-refractivity contribution in [2.75, 3.05) is 12.3 Å². The molecule has 0 saturated carbocycles. The van der Waals surface area contributed by atoms with E-state index in [1.54, 1.807) is 18.2 Å². The fourth-order valence-corrected chi connectivity index (χ4v) is 1.95. The Balaban J connectivity index is 1.92. The Morgan fingerprint density at radius 2 is 1.90 bits per heavy atom. The van der Waals surface area contributed by atoms with Crippen LogP contribution in [0.25, 0.3) is 0 Å². The Labute approximate surface area is 121 Å². The van der Waals surface area contributed by atoms with E-state index in [2.05, 4.69) is 5.32 Å². The molecule has 0 heterocycles. The molecule has 2 rings (SSSR count). The maximum Gasteiger partial charge on any atom is 0.254 e. The van der Waals surface area contributed by atoms with Gasteiger partial charge in [-0.3, -0.25) is 4.79 Å². The Morgan fingerprint density at radius 1 is 1.20 bits per heavy atom. The van der Waals surface area contributed by atoms with Crippen molar-refractivity contribution in [1.82, 2.24) is 5.32 Å². The molecule has 2 aromatic rings. The van der Waals surface area contributed by atoms with Crippen LogP contribution in [0.15, 0.2) is 42.5 Å². The van der Waals surface area contributed by atoms with Gasteiger partial charge in [-0.2, -0.15) is 0 Å². The highest BCUT2D eigenvalue weighted by molar-refractivity contribution is 6.31. The van der Waals surface area contributed by atoms with Crippen LogP contribution in [0.3, 0.4) is 0 Å². The molecule has 0 aromatic heterocycles. The number of rotatable bonds is 4. The molecule has 0 spiro atoms. The Morgan fingerprint density at radius 3 is 2.60 bits per heavy atom. The second-order valence-electron chi connectivity index (χ2n) is 4.35. The van der Waals surface area contributed by atoms with Crippen molar-refractivity contribution in [3.8, 4) is 0 Å². The van der Waals surface area contributed by atoms with Crippen LogP contribution in [0.2, 0.25) is 5.02 Å². The summed E-state index contributed by atoms with van der Waals surface area (Å²) in [6, 6.07) is 11.7. The molecule has 104 valence electrons. The Hall–Kier alpha value is -2.07. The number of nitrogens with two attached hydrogens (primary N) is 1. The number of carbonyl (C=O) groups is 1. The second kappa shape index (κ2) is 6.39. The van der Waals surface area contributed by atoms with Gasteiger partial charge < -0.3 is 11.1 Å². The maximum absolute atomic E-state index is 13.6. The smallest absolute Gasteiger partial charge is 0.254 e. The summed E-state index contributed by atoms with van der Waals surface area (Å²) in [6.45, 7) is 0.411. The lowest BCUT2D eigenvalue weighted by molar-refractivity contribution is 0.0950. The minimum atomic E-state index is -0.695. The molecular formula is C15H14ClFN2O. The van der Waals surface area contributed by atoms with E-state index in [-0.39, 0.29) is 10.6 Å². The molecule has 0 aliphatic carbocycles. The molecule has 0 aliphatic rings. The van der Waals surface area contributed by atoms with Crippen LogP contribution in [-0.2, 0) is 6.42 Å². The van der Waals surface area contributed by atoms with Gasteiger partial charge >= 0.3 is 0 Å². The van der Waals surface area contributed by atoms with E-state index in [9.17, 15) is 9.18 Å². The highest BCUT2D eigenvalue weighted by Gasteiger charge is 2.13. The maximum atomic E-state index is 13.6. The second-order valence-corrected chi connectivity index (χ2v) is 4.76. The monoisotopic (exact) mass is 292 g/mol. The van der Waals surface area contributed by atoms with Crippen LogP contribution >= 0.6 is 11.6 Å². The molecule has 1 amide bonds. The first-order valence-electron chi connectivity index (χ1n) is 6.14. The first-order chi connectivity index (χ1) is 9.58. The SMILES string of the molecule is Nc1ccc(CCNC(=O)c2cccc(Cl)c2F)cc1. The van der Waals surface area contributed by atoms with Gasteiger partial charge in [-0.25, -0.2) is 4.39 Å². The van der Waals surface area contributed by atoms with Crippen LogP contribution in [-0.4, -0.2) is 12.5 Å². The van der Waals surface area contributed by atoms with Gasteiger partial charge in [0.1, 0.15) is 0 Å². The number of hydrogen-bond acceptors (Lipinski definition) is 2. The minimum absolute atomic E-state index is 0.0465. The highest BCUT2D eigenvalue weighted by Crippen LogP contribution is 2.17. The summed E-state index contributed by atoms with van der Waals surface area (Å²) < 4.78 is 13.6. The minimum Gasteiger partial charge on any atom is -0.399 e. The lowest BCUT2D eigenvalue weighted by Crippen LogP contribution is -2.26.